The Morgan fingerprint density at radius 3 is 2.46 bits per heavy atom. The third kappa shape index (κ3) is 3.31. The Morgan fingerprint density at radius 2 is 1.73 bits per heavy atom. The molecule has 26 heavy (non-hydrogen) atoms. The number of hydrogen-bond donors (Lipinski definition) is 0. The normalized spacial score (nSPS) is 10.3. The van der Waals surface area contributed by atoms with Gasteiger partial charge in [-0.25, -0.2) is 4.79 Å². The lowest BCUT2D eigenvalue weighted by Crippen LogP contribution is -2.40. The lowest BCUT2D eigenvalue weighted by molar-refractivity contribution is 0.615. The molecule has 3 rings (SSSR count). The Labute approximate surface area is 157 Å². The zero-order valence-corrected chi connectivity index (χ0v) is 14.9. The summed E-state index contributed by atoms with van der Waals surface area (Å²) in [4.78, 5) is 25.7. The van der Waals surface area contributed by atoms with Crippen LogP contribution in [0.4, 0.5) is 0 Å². The molecular formula is C18H11ClN4O2S. The maximum Gasteiger partial charge on any atom is 0.332 e. The molecule has 8 heteroatoms. The number of benzene rings is 1. The van der Waals surface area contributed by atoms with Gasteiger partial charge in [0.2, 0.25) is 0 Å². The van der Waals surface area contributed by atoms with Gasteiger partial charge in [0.25, 0.3) is 5.56 Å². The molecule has 0 unspecified atom stereocenters. The van der Waals surface area contributed by atoms with E-state index in [1.807, 2.05) is 6.07 Å². The molecule has 0 radical (unpaired) electrons. The second-order valence-electron chi connectivity index (χ2n) is 5.40. The minimum atomic E-state index is -0.590. The fraction of sp³-hybridized carbons (Fsp3) is 0.111. The lowest BCUT2D eigenvalue weighted by Gasteiger charge is -2.12. The predicted molar refractivity (Wildman–Crippen MR) is 98.4 cm³/mol. The standard InChI is InChI=1S/C18H11ClN4O2S/c19-16-7-17(24)23(11-15-13(9-21)5-6-26-15)18(25)22(16)10-14-4-2-1-3-12(14)8-20/h1-7H,10-11H2. The third-order valence-electron chi connectivity index (χ3n) is 3.86. The zero-order valence-electron chi connectivity index (χ0n) is 13.3. The molecule has 0 aliphatic rings. The van der Waals surface area contributed by atoms with Gasteiger partial charge in [-0.15, -0.1) is 11.3 Å². The molecule has 128 valence electrons. The number of nitriles is 2. The van der Waals surface area contributed by atoms with Gasteiger partial charge in [0.15, 0.2) is 0 Å². The summed E-state index contributed by atoms with van der Waals surface area (Å²) in [7, 11) is 0. The van der Waals surface area contributed by atoms with Crippen molar-refractivity contribution in [3.05, 3.63) is 89.3 Å². The fourth-order valence-corrected chi connectivity index (χ4v) is 3.56. The van der Waals surface area contributed by atoms with E-state index in [1.165, 1.54) is 15.9 Å². The van der Waals surface area contributed by atoms with Crippen LogP contribution in [0.5, 0.6) is 0 Å². The number of rotatable bonds is 4. The maximum absolute atomic E-state index is 12.8. The molecular weight excluding hydrogens is 372 g/mol. The first kappa shape index (κ1) is 17.7. The van der Waals surface area contributed by atoms with E-state index in [9.17, 15) is 14.9 Å². The van der Waals surface area contributed by atoms with Gasteiger partial charge in [0.05, 0.1) is 30.3 Å². The molecule has 0 aliphatic heterocycles. The second-order valence-corrected chi connectivity index (χ2v) is 6.79. The van der Waals surface area contributed by atoms with Crippen molar-refractivity contribution in [1.29, 1.82) is 10.5 Å². The summed E-state index contributed by atoms with van der Waals surface area (Å²) in [6.07, 6.45) is 0. The van der Waals surface area contributed by atoms with Crippen LogP contribution in [0.25, 0.3) is 0 Å². The topological polar surface area (TPSA) is 91.6 Å². The molecule has 0 amide bonds. The highest BCUT2D eigenvalue weighted by molar-refractivity contribution is 7.10. The van der Waals surface area contributed by atoms with Crippen LogP contribution in [0.3, 0.4) is 0 Å². The Kier molecular flexibility index (Phi) is 5.04. The Morgan fingerprint density at radius 1 is 1.00 bits per heavy atom. The van der Waals surface area contributed by atoms with Gasteiger partial charge in [0.1, 0.15) is 11.2 Å². The summed E-state index contributed by atoms with van der Waals surface area (Å²) in [6, 6.07) is 13.8. The van der Waals surface area contributed by atoms with E-state index in [2.05, 4.69) is 6.07 Å². The first-order chi connectivity index (χ1) is 12.5. The van der Waals surface area contributed by atoms with Crippen LogP contribution >= 0.6 is 22.9 Å². The Hall–Kier alpha value is -3.13. The van der Waals surface area contributed by atoms with Crippen molar-refractivity contribution < 1.29 is 0 Å². The minimum absolute atomic E-state index is 0.00400. The highest BCUT2D eigenvalue weighted by Gasteiger charge is 2.14. The number of nitrogens with zero attached hydrogens (tertiary/aromatic N) is 4. The highest BCUT2D eigenvalue weighted by Crippen LogP contribution is 2.16. The molecule has 0 atom stereocenters. The van der Waals surface area contributed by atoms with Gasteiger partial charge < -0.3 is 0 Å². The summed E-state index contributed by atoms with van der Waals surface area (Å²) in [5.41, 5.74) is 0.351. The van der Waals surface area contributed by atoms with Crippen LogP contribution in [0.2, 0.25) is 5.15 Å². The average molecular weight is 383 g/mol. The van der Waals surface area contributed by atoms with Crippen molar-refractivity contribution in [2.75, 3.05) is 0 Å². The van der Waals surface area contributed by atoms with Gasteiger partial charge in [-0.2, -0.15) is 10.5 Å². The maximum atomic E-state index is 12.8. The van der Waals surface area contributed by atoms with Crippen molar-refractivity contribution in [2.24, 2.45) is 0 Å². The second kappa shape index (κ2) is 7.40. The van der Waals surface area contributed by atoms with Crippen LogP contribution in [-0.2, 0) is 13.1 Å². The SMILES string of the molecule is N#Cc1ccccc1Cn1c(Cl)cc(=O)n(Cc2sccc2C#N)c1=O. The molecule has 3 aromatic rings. The van der Waals surface area contributed by atoms with Crippen molar-refractivity contribution in [2.45, 2.75) is 13.1 Å². The molecule has 1 aromatic carbocycles. The van der Waals surface area contributed by atoms with Gasteiger partial charge in [-0.1, -0.05) is 29.8 Å². The van der Waals surface area contributed by atoms with Crippen molar-refractivity contribution in [3.8, 4) is 12.1 Å². The lowest BCUT2D eigenvalue weighted by atomic mass is 10.1. The molecule has 6 nitrogen and oxygen atoms in total. The van der Waals surface area contributed by atoms with E-state index in [0.717, 1.165) is 10.6 Å². The molecule has 0 bridgehead atoms. The zero-order chi connectivity index (χ0) is 18.7. The van der Waals surface area contributed by atoms with Crippen LogP contribution in [0.1, 0.15) is 21.6 Å². The average Bonchev–Trinajstić information content (AvgIpc) is 3.09. The molecule has 0 saturated heterocycles. The Bertz CT molecular complexity index is 1180. The molecule has 0 fully saturated rings. The van der Waals surface area contributed by atoms with Crippen molar-refractivity contribution >= 4 is 22.9 Å². The number of halogens is 1. The van der Waals surface area contributed by atoms with E-state index < -0.39 is 11.2 Å². The molecule has 0 aliphatic carbocycles. The molecule has 0 spiro atoms. The molecule has 2 heterocycles. The summed E-state index contributed by atoms with van der Waals surface area (Å²) in [5, 5.41) is 20.0. The van der Waals surface area contributed by atoms with Gasteiger partial charge in [-0.05, 0) is 23.1 Å². The number of aromatic nitrogens is 2. The molecule has 0 saturated carbocycles. The van der Waals surface area contributed by atoms with Crippen LogP contribution in [-0.4, -0.2) is 9.13 Å². The highest BCUT2D eigenvalue weighted by atomic mass is 35.5. The third-order valence-corrected chi connectivity index (χ3v) is 5.08. The van der Waals surface area contributed by atoms with E-state index in [4.69, 9.17) is 16.9 Å². The van der Waals surface area contributed by atoms with E-state index >= 15 is 0 Å². The molecule has 0 N–H and O–H groups in total. The van der Waals surface area contributed by atoms with Crippen molar-refractivity contribution in [3.63, 3.8) is 0 Å². The summed E-state index contributed by atoms with van der Waals surface area (Å²) >= 11 is 7.41. The van der Waals surface area contributed by atoms with Crippen molar-refractivity contribution in [1.82, 2.24) is 9.13 Å². The van der Waals surface area contributed by atoms with Crippen LogP contribution in [0.15, 0.2) is 51.4 Å². The number of thiophene rings is 1. The van der Waals surface area contributed by atoms with Crippen LogP contribution in [0, 0.1) is 22.7 Å². The first-order valence-electron chi connectivity index (χ1n) is 7.49. The minimum Gasteiger partial charge on any atom is -0.279 e. The van der Waals surface area contributed by atoms with Gasteiger partial charge in [0, 0.05) is 10.9 Å². The van der Waals surface area contributed by atoms with E-state index in [1.54, 1.807) is 35.7 Å². The largest absolute Gasteiger partial charge is 0.332 e. The predicted octanol–water partition coefficient (Wildman–Crippen LogP) is 2.56. The van der Waals surface area contributed by atoms with E-state index in [0.29, 0.717) is 21.6 Å². The van der Waals surface area contributed by atoms with Gasteiger partial charge >= 0.3 is 5.69 Å². The quantitative estimate of drug-likeness (QED) is 0.648. The van der Waals surface area contributed by atoms with Gasteiger partial charge in [-0.3, -0.25) is 13.9 Å². The smallest absolute Gasteiger partial charge is 0.279 e. The van der Waals surface area contributed by atoms with E-state index in [-0.39, 0.29) is 18.2 Å². The monoisotopic (exact) mass is 382 g/mol. The number of hydrogen-bond acceptors (Lipinski definition) is 5. The summed E-state index contributed by atoms with van der Waals surface area (Å²) < 4.78 is 2.27. The summed E-state index contributed by atoms with van der Waals surface area (Å²) in [5.74, 6) is 0. The molecule has 2 aromatic heterocycles. The Balaban J connectivity index is 2.08. The summed E-state index contributed by atoms with van der Waals surface area (Å²) in [6.45, 7) is 0.0620. The fourth-order valence-electron chi connectivity index (χ4n) is 2.52. The van der Waals surface area contributed by atoms with Crippen LogP contribution < -0.4 is 11.2 Å². The first-order valence-corrected chi connectivity index (χ1v) is 8.75.